The van der Waals surface area contributed by atoms with Crippen molar-refractivity contribution in [2.45, 2.75) is 47.6 Å². The molecule has 0 spiro atoms. The second-order valence-corrected chi connectivity index (χ2v) is 8.96. The third-order valence-electron chi connectivity index (χ3n) is 6.27. The van der Waals surface area contributed by atoms with Gasteiger partial charge in [-0.1, -0.05) is 30.7 Å². The summed E-state index contributed by atoms with van der Waals surface area (Å²) in [6.45, 7) is 11.0. The molecule has 5 heteroatoms. The molecule has 0 aliphatic heterocycles. The van der Waals surface area contributed by atoms with Crippen LogP contribution in [-0.4, -0.2) is 22.2 Å². The number of aliphatic carboxylic acids is 1. The van der Waals surface area contributed by atoms with E-state index in [4.69, 9.17) is 16.3 Å². The standard InChI is InChI=1S/C25H30ClNO3/c1-6-30-20-11-12-22-21(14-20)17(3)23(13-16(2)25(4,5)24(28)29)27(22)15-18-7-9-19(26)10-8-18/h7-12,14,16H,6,13,15H2,1-5H3,(H,28,29). The lowest BCUT2D eigenvalue weighted by Crippen LogP contribution is -2.33. The van der Waals surface area contributed by atoms with Crippen molar-refractivity contribution < 1.29 is 14.6 Å². The lowest BCUT2D eigenvalue weighted by Gasteiger charge is -2.28. The van der Waals surface area contributed by atoms with Gasteiger partial charge in [0.25, 0.3) is 0 Å². The second-order valence-electron chi connectivity index (χ2n) is 8.53. The molecule has 30 heavy (non-hydrogen) atoms. The van der Waals surface area contributed by atoms with E-state index in [1.165, 1.54) is 5.56 Å². The van der Waals surface area contributed by atoms with Crippen molar-refractivity contribution in [1.29, 1.82) is 0 Å². The van der Waals surface area contributed by atoms with E-state index < -0.39 is 11.4 Å². The maximum atomic E-state index is 11.8. The number of hydrogen-bond acceptors (Lipinski definition) is 2. The van der Waals surface area contributed by atoms with Crippen molar-refractivity contribution >= 4 is 28.5 Å². The van der Waals surface area contributed by atoms with Gasteiger partial charge in [-0.05, 0) is 81.5 Å². The average Bonchev–Trinajstić information content (AvgIpc) is 2.95. The largest absolute Gasteiger partial charge is 0.494 e. The number of aromatic nitrogens is 1. The molecule has 0 amide bonds. The molecular formula is C25H30ClNO3. The van der Waals surface area contributed by atoms with Crippen molar-refractivity contribution in [1.82, 2.24) is 4.57 Å². The minimum atomic E-state index is -0.815. The first kappa shape index (κ1) is 22.2. The highest BCUT2D eigenvalue weighted by atomic mass is 35.5. The van der Waals surface area contributed by atoms with E-state index in [2.05, 4.69) is 23.6 Å². The maximum Gasteiger partial charge on any atom is 0.309 e. The van der Waals surface area contributed by atoms with E-state index in [-0.39, 0.29) is 5.92 Å². The molecular weight excluding hydrogens is 398 g/mol. The molecule has 0 aliphatic rings. The zero-order valence-electron chi connectivity index (χ0n) is 18.3. The number of aryl methyl sites for hydroxylation is 1. The summed E-state index contributed by atoms with van der Waals surface area (Å²) in [5.41, 5.74) is 3.80. The van der Waals surface area contributed by atoms with E-state index >= 15 is 0 Å². The third-order valence-corrected chi connectivity index (χ3v) is 6.52. The summed E-state index contributed by atoms with van der Waals surface area (Å²) in [5.74, 6) is 0.0437. The number of halogens is 1. The van der Waals surface area contributed by atoms with Gasteiger partial charge in [-0.25, -0.2) is 0 Å². The fourth-order valence-electron chi connectivity index (χ4n) is 3.78. The number of nitrogens with zero attached hydrogens (tertiary/aromatic N) is 1. The van der Waals surface area contributed by atoms with E-state index in [9.17, 15) is 9.90 Å². The highest BCUT2D eigenvalue weighted by Crippen LogP contribution is 2.35. The van der Waals surface area contributed by atoms with Crippen LogP contribution < -0.4 is 4.74 Å². The lowest BCUT2D eigenvalue weighted by atomic mass is 9.77. The Morgan fingerprint density at radius 3 is 2.47 bits per heavy atom. The van der Waals surface area contributed by atoms with Crippen molar-refractivity contribution in [2.75, 3.05) is 6.61 Å². The number of carbonyl (C=O) groups is 1. The van der Waals surface area contributed by atoms with E-state index in [1.54, 1.807) is 13.8 Å². The van der Waals surface area contributed by atoms with Crippen molar-refractivity contribution in [3.8, 4) is 5.75 Å². The number of fused-ring (bicyclic) bond motifs is 1. The molecule has 3 aromatic rings. The van der Waals surface area contributed by atoms with Gasteiger partial charge in [0, 0.05) is 28.2 Å². The van der Waals surface area contributed by atoms with Crippen LogP contribution in [0.3, 0.4) is 0 Å². The number of rotatable bonds is 8. The van der Waals surface area contributed by atoms with E-state index in [0.717, 1.165) is 27.9 Å². The van der Waals surface area contributed by atoms with Gasteiger partial charge in [-0.2, -0.15) is 0 Å². The van der Waals surface area contributed by atoms with Gasteiger partial charge in [0.15, 0.2) is 0 Å². The normalized spacial score (nSPS) is 12.9. The Morgan fingerprint density at radius 1 is 1.20 bits per heavy atom. The SMILES string of the molecule is CCOc1ccc2c(c1)c(C)c(CC(C)C(C)(C)C(=O)O)n2Cc1ccc(Cl)cc1. The Morgan fingerprint density at radius 2 is 1.87 bits per heavy atom. The summed E-state index contributed by atoms with van der Waals surface area (Å²) in [4.78, 5) is 11.8. The first-order chi connectivity index (χ1) is 14.1. The van der Waals surface area contributed by atoms with Gasteiger partial charge in [0.05, 0.1) is 12.0 Å². The molecule has 0 radical (unpaired) electrons. The minimum Gasteiger partial charge on any atom is -0.494 e. The maximum absolute atomic E-state index is 11.8. The Balaban J connectivity index is 2.11. The summed E-state index contributed by atoms with van der Waals surface area (Å²) in [5, 5.41) is 11.5. The summed E-state index contributed by atoms with van der Waals surface area (Å²) < 4.78 is 8.02. The summed E-state index contributed by atoms with van der Waals surface area (Å²) in [6, 6.07) is 14.1. The molecule has 4 nitrogen and oxygen atoms in total. The molecule has 1 N–H and O–H groups in total. The summed E-state index contributed by atoms with van der Waals surface area (Å²) >= 11 is 6.06. The van der Waals surface area contributed by atoms with Crippen molar-refractivity contribution in [3.63, 3.8) is 0 Å². The molecule has 1 heterocycles. The molecule has 0 bridgehead atoms. The van der Waals surface area contributed by atoms with E-state index in [0.29, 0.717) is 24.6 Å². The number of carboxylic acid groups (broad SMARTS) is 1. The van der Waals surface area contributed by atoms with Crippen LogP contribution in [0.2, 0.25) is 5.02 Å². The Kier molecular flexibility index (Phi) is 6.47. The van der Waals surface area contributed by atoms with Gasteiger partial charge in [0.1, 0.15) is 5.75 Å². The zero-order chi connectivity index (χ0) is 22.1. The van der Waals surface area contributed by atoms with Crippen LogP contribution >= 0.6 is 11.6 Å². The highest BCUT2D eigenvalue weighted by Gasteiger charge is 2.35. The average molecular weight is 428 g/mol. The number of benzene rings is 2. The van der Waals surface area contributed by atoms with Crippen LogP contribution in [0.25, 0.3) is 10.9 Å². The lowest BCUT2D eigenvalue weighted by molar-refractivity contribution is -0.149. The molecule has 1 atom stereocenters. The Hall–Kier alpha value is -2.46. The number of hydrogen-bond donors (Lipinski definition) is 1. The van der Waals surface area contributed by atoms with Crippen LogP contribution in [0.4, 0.5) is 0 Å². The third kappa shape index (κ3) is 4.34. The van der Waals surface area contributed by atoms with Gasteiger partial charge in [-0.15, -0.1) is 0 Å². The van der Waals surface area contributed by atoms with E-state index in [1.807, 2.05) is 44.2 Å². The fourth-order valence-corrected chi connectivity index (χ4v) is 3.91. The Bertz CT molecular complexity index is 1050. The van der Waals surface area contributed by atoms with Gasteiger partial charge in [0.2, 0.25) is 0 Å². The van der Waals surface area contributed by atoms with Gasteiger partial charge in [-0.3, -0.25) is 4.79 Å². The van der Waals surface area contributed by atoms with Crippen LogP contribution in [0, 0.1) is 18.3 Å². The highest BCUT2D eigenvalue weighted by molar-refractivity contribution is 6.30. The van der Waals surface area contributed by atoms with Gasteiger partial charge >= 0.3 is 5.97 Å². The fraction of sp³-hybridized carbons (Fsp3) is 0.400. The molecule has 1 unspecified atom stereocenters. The van der Waals surface area contributed by atoms with Crippen LogP contribution in [0.5, 0.6) is 5.75 Å². The molecule has 2 aromatic carbocycles. The number of carboxylic acids is 1. The topological polar surface area (TPSA) is 51.5 Å². The molecule has 160 valence electrons. The summed E-state index contributed by atoms with van der Waals surface area (Å²) in [6.07, 6.45) is 0.678. The summed E-state index contributed by atoms with van der Waals surface area (Å²) in [7, 11) is 0. The Labute approximate surface area is 183 Å². The van der Waals surface area contributed by atoms with Gasteiger partial charge < -0.3 is 14.4 Å². The first-order valence-electron chi connectivity index (χ1n) is 10.4. The van der Waals surface area contributed by atoms with Crippen LogP contribution in [-0.2, 0) is 17.8 Å². The molecule has 3 rings (SSSR count). The minimum absolute atomic E-state index is 0.0339. The smallest absolute Gasteiger partial charge is 0.309 e. The van der Waals surface area contributed by atoms with Crippen molar-refractivity contribution in [3.05, 3.63) is 64.3 Å². The second kappa shape index (κ2) is 8.73. The molecule has 0 fully saturated rings. The molecule has 0 saturated heterocycles. The van der Waals surface area contributed by atoms with Crippen LogP contribution in [0.1, 0.15) is 44.5 Å². The predicted octanol–water partition coefficient (Wildman–Crippen LogP) is 6.34. The molecule has 0 saturated carbocycles. The zero-order valence-corrected chi connectivity index (χ0v) is 19.1. The number of ether oxygens (including phenoxy) is 1. The van der Waals surface area contributed by atoms with Crippen molar-refractivity contribution in [2.24, 2.45) is 11.3 Å². The first-order valence-corrected chi connectivity index (χ1v) is 10.7. The monoisotopic (exact) mass is 427 g/mol. The quantitative estimate of drug-likeness (QED) is 0.456. The predicted molar refractivity (Wildman–Crippen MR) is 123 cm³/mol. The van der Waals surface area contributed by atoms with Crippen LogP contribution in [0.15, 0.2) is 42.5 Å². The molecule has 1 aromatic heterocycles. The molecule has 0 aliphatic carbocycles.